The second-order valence-corrected chi connectivity index (χ2v) is 27.8. The van der Waals surface area contributed by atoms with Gasteiger partial charge in [-0.1, -0.05) is 6.07 Å². The van der Waals surface area contributed by atoms with E-state index in [-0.39, 0.29) is 121 Å². The molecule has 0 atom stereocenters. The van der Waals surface area contributed by atoms with Gasteiger partial charge in [0.15, 0.2) is 17.5 Å². The number of benzene rings is 3. The van der Waals surface area contributed by atoms with Crippen molar-refractivity contribution in [1.82, 2.24) is 64.1 Å². The molecule has 10 aromatic rings. The number of halogens is 1. The monoisotopic (exact) mass is 1660 g/mol. The molecular weight excluding hydrogens is 1560 g/mol. The van der Waals surface area contributed by atoms with Gasteiger partial charge in [0.25, 0.3) is 41.0 Å². The normalized spacial score (nSPS) is 11.4. The fourth-order valence-corrected chi connectivity index (χ4v) is 11.9. The summed E-state index contributed by atoms with van der Waals surface area (Å²) in [4.78, 5) is 138. The fourth-order valence-electron chi connectivity index (χ4n) is 11.9. The van der Waals surface area contributed by atoms with Crippen molar-refractivity contribution in [1.29, 1.82) is 0 Å². The van der Waals surface area contributed by atoms with Gasteiger partial charge in [0.1, 0.15) is 52.3 Å². The van der Waals surface area contributed by atoms with Gasteiger partial charge in [-0.05, 0) is 111 Å². The number of rotatable bonds is 49. The maximum Gasteiger partial charge on any atom is 0.291 e. The van der Waals surface area contributed by atoms with Crippen LogP contribution in [0, 0.1) is 19.7 Å². The molecule has 7 heterocycles. The molecule has 0 spiro atoms. The summed E-state index contributed by atoms with van der Waals surface area (Å²) in [6.07, 6.45) is 10.2. The van der Waals surface area contributed by atoms with Gasteiger partial charge in [0.05, 0.1) is 123 Å². The van der Waals surface area contributed by atoms with E-state index in [9.17, 15) is 52.6 Å². The number of hydrogen-bond donors (Lipinski definition) is 12. The smallest absolute Gasteiger partial charge is 0.291 e. The third kappa shape index (κ3) is 26.6. The average molecular weight is 1660 g/mol. The van der Waals surface area contributed by atoms with Crippen LogP contribution in [-0.2, 0) is 81.3 Å². The molecule has 7 aromatic heterocycles. The predicted octanol–water partition coefficient (Wildman–Crippen LogP) is 6.38. The summed E-state index contributed by atoms with van der Waals surface area (Å²) in [6.45, 7) is 12.9. The van der Waals surface area contributed by atoms with Crippen LogP contribution in [0.3, 0.4) is 0 Å². The lowest BCUT2D eigenvalue weighted by Gasteiger charge is -2.22. The van der Waals surface area contributed by atoms with Crippen molar-refractivity contribution < 1.29 is 95.2 Å². The zero-order chi connectivity index (χ0) is 85.7. The number of imidazole rings is 3. The lowest BCUT2D eigenvalue weighted by atomic mass is 9.93. The fraction of sp³-hybridized carbons (Fsp3) is 0.383. The molecular formula is C81H99FN18O20. The summed E-state index contributed by atoms with van der Waals surface area (Å²) in [7, 11) is 6.43. The Bertz CT molecular complexity index is 5200. The summed E-state index contributed by atoms with van der Waals surface area (Å²) >= 11 is 0. The molecule has 0 bridgehead atoms. The van der Waals surface area contributed by atoms with Crippen LogP contribution in [0.5, 0.6) is 17.2 Å². The number of carbonyl (C=O) groups is 8. The minimum atomic E-state index is -1.23. The van der Waals surface area contributed by atoms with Crippen LogP contribution in [0.15, 0.2) is 121 Å². The van der Waals surface area contributed by atoms with E-state index in [4.69, 9.17) is 47.4 Å². The number of pyridine rings is 1. The third-order valence-electron chi connectivity index (χ3n) is 17.9. The zero-order valence-corrected chi connectivity index (χ0v) is 67.7. The van der Waals surface area contributed by atoms with Gasteiger partial charge < -0.3 is 128 Å². The minimum absolute atomic E-state index is 0.0353. The van der Waals surface area contributed by atoms with Crippen molar-refractivity contribution >= 4 is 86.9 Å². The van der Waals surface area contributed by atoms with Crippen molar-refractivity contribution in [3.8, 4) is 28.4 Å². The van der Waals surface area contributed by atoms with E-state index in [1.54, 1.807) is 121 Å². The van der Waals surface area contributed by atoms with Crippen LogP contribution in [0.25, 0.3) is 22.0 Å². The molecule has 8 amide bonds. The molecule has 640 valence electrons. The molecule has 39 heteroatoms. The zero-order valence-electron chi connectivity index (χ0n) is 67.7. The summed E-state index contributed by atoms with van der Waals surface area (Å²) in [5.41, 5.74) is 2.93. The third-order valence-corrected chi connectivity index (χ3v) is 17.9. The number of carbonyl (C=O) groups excluding carboxylic acids is 8. The topological polar surface area (TPSA) is 468 Å². The Hall–Kier alpha value is -12.7. The Kier molecular flexibility index (Phi) is 33.0. The molecule has 3 aromatic carbocycles. The minimum Gasteiger partial charge on any atom is -0.491 e. The number of nitrogens with zero attached hydrogens (tertiary/aromatic N) is 7. The number of H-pyrrole nitrogens is 3. The molecule has 0 saturated carbocycles. The van der Waals surface area contributed by atoms with Crippen LogP contribution in [0.2, 0.25) is 0 Å². The number of ether oxygens (including phenoxy) is 10. The maximum atomic E-state index is 14.2. The lowest BCUT2D eigenvalue weighted by Crippen LogP contribution is -2.29. The number of nitrogens with one attached hydrogen (secondary N) is 11. The van der Waals surface area contributed by atoms with E-state index >= 15 is 0 Å². The first-order chi connectivity index (χ1) is 57.7. The van der Waals surface area contributed by atoms with E-state index in [0.29, 0.717) is 154 Å². The van der Waals surface area contributed by atoms with Crippen LogP contribution in [-0.4, -0.2) is 232 Å². The highest BCUT2D eigenvalue weighted by Gasteiger charge is 2.26. The van der Waals surface area contributed by atoms with Gasteiger partial charge in [-0.25, -0.2) is 19.3 Å². The van der Waals surface area contributed by atoms with Crippen molar-refractivity contribution in [2.75, 3.05) is 159 Å². The second-order valence-electron chi connectivity index (χ2n) is 27.8. The largest absolute Gasteiger partial charge is 0.491 e. The Balaban J connectivity index is 0.479. The molecule has 0 aliphatic rings. The van der Waals surface area contributed by atoms with Gasteiger partial charge in [-0.3, -0.25) is 43.2 Å². The number of fused-ring (bicyclic) bond motifs is 1. The summed E-state index contributed by atoms with van der Waals surface area (Å²) < 4.78 is 76.9. The Morgan fingerprint density at radius 3 is 1.43 bits per heavy atom. The first kappa shape index (κ1) is 89.6. The molecule has 0 saturated heterocycles. The molecule has 0 unspecified atom stereocenters. The van der Waals surface area contributed by atoms with E-state index < -0.39 is 52.9 Å². The molecule has 10 rings (SSSR count). The van der Waals surface area contributed by atoms with E-state index in [1.165, 1.54) is 69.0 Å². The second kappa shape index (κ2) is 44.2. The van der Waals surface area contributed by atoms with Crippen LogP contribution in [0.1, 0.15) is 107 Å². The summed E-state index contributed by atoms with van der Waals surface area (Å²) in [6, 6.07) is 19.3. The van der Waals surface area contributed by atoms with Crippen molar-refractivity contribution in [3.63, 3.8) is 0 Å². The first-order valence-electron chi connectivity index (χ1n) is 38.4. The SMILES string of the molecule is Cc1cc(F)cc(C)c1Oc1ccc(C(C)(C)O)cc1-c1cn(C)c(=O)c2[nH]c(C(=O)Nc3ccc(OCCOCCOCCOCCOCCOCCOCCOCCOCCNC(=O)c4nc(NC(=O)CCNC(=O)c5cc(NC(=O)c6nc(NC(=O)CCNC(=O)c7cc(NC(=O)c8nccn8C)c[nH]7)cn6C)c[nH]5)cn4C)cc3)cc12. The predicted molar refractivity (Wildman–Crippen MR) is 437 cm³/mol. The standard InChI is InChI=1S/C81H99FN18O20/c1-50-39-53(82)40-51(2)70(50)120-64-14-9-52(81(3,4)110)41-58(64)60-47-100(8)80(109)69-59(60)44-63(92-69)76(105)89-54-10-12-57(13-11-54)119-38-37-118-36-35-117-34-33-116-32-31-115-30-29-114-28-27-113-26-25-112-24-23-111-22-20-86-77(106)72-95-65(48-98(72)6)93-67(101)15-17-85-75(104)62-43-56(46-88-62)91-79(108)73-96-66(49-99(73)7)94-68(102)16-18-84-74(103)61-42-55(45-87-61)90-78(107)71-83-19-21-97(71)5/h9-14,19,21,39-49,87-88,92,110H,15-18,20,22-38H2,1-8H3,(H,84,103)(H,85,104)(H,86,106)(H,89,105)(H,90,107)(H,91,108)(H,93,101)(H,94,102). The summed E-state index contributed by atoms with van der Waals surface area (Å²) in [5.74, 6) is -2.69. The number of aliphatic hydroxyl groups is 1. The number of aryl methyl sites for hydroxylation is 6. The number of aromatic nitrogens is 10. The van der Waals surface area contributed by atoms with Crippen LogP contribution in [0.4, 0.5) is 33.1 Å². The van der Waals surface area contributed by atoms with E-state index in [2.05, 4.69) is 72.4 Å². The van der Waals surface area contributed by atoms with Crippen molar-refractivity contribution in [3.05, 3.63) is 184 Å². The lowest BCUT2D eigenvalue weighted by molar-refractivity contribution is -0.116. The molecule has 38 nitrogen and oxygen atoms in total. The average Bonchev–Trinajstić information content (AvgIpc) is 1.52. The molecule has 120 heavy (non-hydrogen) atoms. The highest BCUT2D eigenvalue weighted by Crippen LogP contribution is 2.41. The van der Waals surface area contributed by atoms with Crippen LogP contribution < -0.4 is 57.6 Å². The van der Waals surface area contributed by atoms with Gasteiger partial charge in [-0.15, -0.1) is 0 Å². The van der Waals surface area contributed by atoms with Crippen molar-refractivity contribution in [2.24, 2.45) is 28.2 Å². The van der Waals surface area contributed by atoms with E-state index in [0.717, 1.165) is 0 Å². The number of amides is 8. The molecule has 0 aliphatic heterocycles. The van der Waals surface area contributed by atoms with Crippen LogP contribution >= 0.6 is 0 Å². The Labute approximate surface area is 688 Å². The molecule has 0 radical (unpaired) electrons. The molecule has 0 fully saturated rings. The number of hydrogen-bond acceptors (Lipinski definition) is 23. The Morgan fingerprint density at radius 2 is 0.942 bits per heavy atom. The highest BCUT2D eigenvalue weighted by molar-refractivity contribution is 6.09. The first-order valence-corrected chi connectivity index (χ1v) is 38.4. The number of aromatic amines is 3. The highest BCUT2D eigenvalue weighted by atomic mass is 19.1. The molecule has 0 aliphatic carbocycles. The van der Waals surface area contributed by atoms with Gasteiger partial charge in [0.2, 0.25) is 23.5 Å². The maximum absolute atomic E-state index is 14.2. The molecule has 12 N–H and O–H groups in total. The van der Waals surface area contributed by atoms with E-state index in [1.807, 2.05) is 0 Å². The summed E-state index contributed by atoms with van der Waals surface area (Å²) in [5, 5.41) is 32.8. The Morgan fingerprint density at radius 1 is 0.475 bits per heavy atom. The number of anilines is 5. The van der Waals surface area contributed by atoms with Gasteiger partial charge in [-0.2, -0.15) is 0 Å². The van der Waals surface area contributed by atoms with Gasteiger partial charge >= 0.3 is 0 Å². The van der Waals surface area contributed by atoms with Crippen molar-refractivity contribution in [2.45, 2.75) is 46.1 Å². The van der Waals surface area contributed by atoms with Gasteiger partial charge in [0, 0.05) is 126 Å². The quantitative estimate of drug-likeness (QED) is 0.0184.